The van der Waals surface area contributed by atoms with E-state index in [9.17, 15) is 4.79 Å². The van der Waals surface area contributed by atoms with Crippen LogP contribution in [0.3, 0.4) is 0 Å². The van der Waals surface area contributed by atoms with Gasteiger partial charge in [0, 0.05) is 5.56 Å². The Bertz CT molecular complexity index is 609. The van der Waals surface area contributed by atoms with Gasteiger partial charge in [0.25, 0.3) is 5.91 Å². The number of hydrogen-bond donors (Lipinski definition) is 3. The SMILES string of the molecule is CC(NC(=O)c1sccc1C#CCN)c1nn[nH]n1. The van der Waals surface area contributed by atoms with Crippen LogP contribution in [0.2, 0.25) is 0 Å². The summed E-state index contributed by atoms with van der Waals surface area (Å²) >= 11 is 1.33. The summed E-state index contributed by atoms with van der Waals surface area (Å²) in [6, 6.07) is 1.46. The molecule has 4 N–H and O–H groups in total. The van der Waals surface area contributed by atoms with Crippen LogP contribution in [-0.2, 0) is 0 Å². The molecule has 0 radical (unpaired) electrons. The summed E-state index contributed by atoms with van der Waals surface area (Å²) in [4.78, 5) is 12.7. The van der Waals surface area contributed by atoms with Crippen molar-refractivity contribution in [3.8, 4) is 11.8 Å². The van der Waals surface area contributed by atoms with Crippen LogP contribution in [-0.4, -0.2) is 33.1 Å². The fraction of sp³-hybridized carbons (Fsp3) is 0.273. The molecule has 2 aromatic heterocycles. The maximum absolute atomic E-state index is 12.1. The highest BCUT2D eigenvalue weighted by Gasteiger charge is 2.17. The molecule has 2 rings (SSSR count). The minimum atomic E-state index is -0.330. The molecule has 0 bridgehead atoms. The van der Waals surface area contributed by atoms with Crippen molar-refractivity contribution >= 4 is 17.2 Å². The van der Waals surface area contributed by atoms with E-state index >= 15 is 0 Å². The van der Waals surface area contributed by atoms with Gasteiger partial charge in [-0.3, -0.25) is 4.79 Å². The Balaban J connectivity index is 2.10. The molecule has 8 heteroatoms. The van der Waals surface area contributed by atoms with Crippen molar-refractivity contribution in [3.05, 3.63) is 27.7 Å². The number of tetrazole rings is 1. The van der Waals surface area contributed by atoms with Gasteiger partial charge in [0.15, 0.2) is 5.82 Å². The minimum absolute atomic E-state index is 0.214. The number of carbonyl (C=O) groups is 1. The molecule has 1 atom stereocenters. The minimum Gasteiger partial charge on any atom is -0.341 e. The quantitative estimate of drug-likeness (QED) is 0.687. The van der Waals surface area contributed by atoms with Crippen molar-refractivity contribution in [1.82, 2.24) is 25.9 Å². The van der Waals surface area contributed by atoms with Gasteiger partial charge in [-0.05, 0) is 18.4 Å². The van der Waals surface area contributed by atoms with E-state index < -0.39 is 0 Å². The van der Waals surface area contributed by atoms with Gasteiger partial charge in [0.1, 0.15) is 4.88 Å². The molecule has 7 nitrogen and oxygen atoms in total. The fourth-order valence-electron chi connectivity index (χ4n) is 1.41. The second-order valence-electron chi connectivity index (χ2n) is 3.63. The zero-order valence-corrected chi connectivity index (χ0v) is 11.0. The number of thiophene rings is 1. The van der Waals surface area contributed by atoms with Crippen LogP contribution in [0, 0.1) is 11.8 Å². The number of carbonyl (C=O) groups excluding carboxylic acids is 1. The van der Waals surface area contributed by atoms with E-state index in [1.165, 1.54) is 11.3 Å². The van der Waals surface area contributed by atoms with Gasteiger partial charge in [-0.2, -0.15) is 5.21 Å². The molecule has 0 spiro atoms. The van der Waals surface area contributed by atoms with Crippen LogP contribution in [0.1, 0.15) is 34.0 Å². The van der Waals surface area contributed by atoms with Gasteiger partial charge in [0.05, 0.1) is 12.6 Å². The lowest BCUT2D eigenvalue weighted by molar-refractivity contribution is 0.0942. The van der Waals surface area contributed by atoms with Crippen LogP contribution in [0.5, 0.6) is 0 Å². The highest BCUT2D eigenvalue weighted by molar-refractivity contribution is 7.12. The summed E-state index contributed by atoms with van der Waals surface area (Å²) in [7, 11) is 0. The predicted octanol–water partition coefficient (Wildman–Crippen LogP) is 0.0624. The van der Waals surface area contributed by atoms with E-state index in [4.69, 9.17) is 5.73 Å². The van der Waals surface area contributed by atoms with Gasteiger partial charge >= 0.3 is 0 Å². The van der Waals surface area contributed by atoms with E-state index in [0.29, 0.717) is 16.3 Å². The maximum atomic E-state index is 12.1. The first-order valence-electron chi connectivity index (χ1n) is 5.53. The summed E-state index contributed by atoms with van der Waals surface area (Å²) < 4.78 is 0. The predicted molar refractivity (Wildman–Crippen MR) is 70.3 cm³/mol. The van der Waals surface area contributed by atoms with E-state index in [1.54, 1.807) is 13.0 Å². The number of nitrogens with one attached hydrogen (secondary N) is 2. The first-order chi connectivity index (χ1) is 9.22. The third-order valence-electron chi connectivity index (χ3n) is 2.29. The molecule has 0 aromatic carbocycles. The zero-order chi connectivity index (χ0) is 13.7. The summed E-state index contributed by atoms with van der Waals surface area (Å²) in [5, 5.41) is 18.0. The molecule has 98 valence electrons. The average molecular weight is 276 g/mol. The fourth-order valence-corrected chi connectivity index (χ4v) is 2.16. The second-order valence-corrected chi connectivity index (χ2v) is 4.55. The van der Waals surface area contributed by atoms with Crippen molar-refractivity contribution in [1.29, 1.82) is 0 Å². The van der Waals surface area contributed by atoms with Gasteiger partial charge in [-0.25, -0.2) is 0 Å². The van der Waals surface area contributed by atoms with Crippen LogP contribution in [0.4, 0.5) is 0 Å². The van der Waals surface area contributed by atoms with Crippen molar-refractivity contribution in [2.75, 3.05) is 6.54 Å². The number of aromatic nitrogens is 4. The van der Waals surface area contributed by atoms with Gasteiger partial charge in [0.2, 0.25) is 0 Å². The average Bonchev–Trinajstić information content (AvgIpc) is 3.07. The molecule has 0 saturated heterocycles. The molecule has 2 aromatic rings. The molecule has 1 unspecified atom stereocenters. The van der Waals surface area contributed by atoms with E-state index in [1.807, 2.05) is 5.38 Å². The molecule has 0 aliphatic carbocycles. The van der Waals surface area contributed by atoms with Crippen molar-refractivity contribution in [3.63, 3.8) is 0 Å². The van der Waals surface area contributed by atoms with Crippen molar-refractivity contribution < 1.29 is 4.79 Å². The molecule has 0 aliphatic rings. The number of amides is 1. The third kappa shape index (κ3) is 3.15. The van der Waals surface area contributed by atoms with Gasteiger partial charge < -0.3 is 11.1 Å². The van der Waals surface area contributed by atoms with E-state index in [-0.39, 0.29) is 18.5 Å². The first-order valence-corrected chi connectivity index (χ1v) is 6.41. The first kappa shape index (κ1) is 13.2. The Morgan fingerprint density at radius 3 is 3.21 bits per heavy atom. The van der Waals surface area contributed by atoms with Crippen LogP contribution < -0.4 is 11.1 Å². The van der Waals surface area contributed by atoms with Crippen LogP contribution >= 0.6 is 11.3 Å². The summed E-state index contributed by atoms with van der Waals surface area (Å²) in [6.07, 6.45) is 0. The summed E-state index contributed by atoms with van der Waals surface area (Å²) in [5.41, 5.74) is 5.99. The smallest absolute Gasteiger partial charge is 0.263 e. The highest BCUT2D eigenvalue weighted by Crippen LogP contribution is 2.17. The lowest BCUT2D eigenvalue weighted by Crippen LogP contribution is -2.27. The maximum Gasteiger partial charge on any atom is 0.263 e. The lowest BCUT2D eigenvalue weighted by Gasteiger charge is -2.08. The Kier molecular flexibility index (Phi) is 4.22. The Morgan fingerprint density at radius 1 is 1.68 bits per heavy atom. The molecule has 2 heterocycles. The second kappa shape index (κ2) is 6.08. The normalized spacial score (nSPS) is 11.5. The highest BCUT2D eigenvalue weighted by atomic mass is 32.1. The lowest BCUT2D eigenvalue weighted by atomic mass is 10.2. The number of aromatic amines is 1. The molecular weight excluding hydrogens is 264 g/mol. The molecule has 19 heavy (non-hydrogen) atoms. The number of hydrogen-bond acceptors (Lipinski definition) is 6. The van der Waals surface area contributed by atoms with Crippen molar-refractivity contribution in [2.24, 2.45) is 5.73 Å². The third-order valence-corrected chi connectivity index (χ3v) is 3.21. The Labute approximate surface area is 113 Å². The number of nitrogens with zero attached hydrogens (tertiary/aromatic N) is 3. The number of nitrogens with two attached hydrogens (primary N) is 1. The summed E-state index contributed by atoms with van der Waals surface area (Å²) in [5.74, 6) is 5.81. The molecule has 0 fully saturated rings. The van der Waals surface area contributed by atoms with E-state index in [2.05, 4.69) is 37.8 Å². The van der Waals surface area contributed by atoms with Gasteiger partial charge in [-0.15, -0.1) is 21.5 Å². The molecule has 1 amide bonds. The van der Waals surface area contributed by atoms with Crippen LogP contribution in [0.15, 0.2) is 11.4 Å². The van der Waals surface area contributed by atoms with Gasteiger partial charge in [-0.1, -0.05) is 17.1 Å². The largest absolute Gasteiger partial charge is 0.341 e. The number of rotatable bonds is 3. The van der Waals surface area contributed by atoms with E-state index in [0.717, 1.165) is 0 Å². The Hall–Kier alpha value is -2.24. The van der Waals surface area contributed by atoms with Crippen LogP contribution in [0.25, 0.3) is 0 Å². The topological polar surface area (TPSA) is 110 Å². The molecular formula is C11H12N6OS. The molecule has 0 aliphatic heterocycles. The summed E-state index contributed by atoms with van der Waals surface area (Å²) in [6.45, 7) is 2.04. The standard InChI is InChI=1S/C11H12N6OS/c1-7(10-14-16-17-15-10)13-11(18)9-8(3-2-5-12)4-6-19-9/h4,6-7H,5,12H2,1H3,(H,13,18)(H,14,15,16,17). The monoisotopic (exact) mass is 276 g/mol. The zero-order valence-electron chi connectivity index (χ0n) is 10.2. The molecule has 0 saturated carbocycles. The Morgan fingerprint density at radius 2 is 2.53 bits per heavy atom. The number of H-pyrrole nitrogens is 1. The van der Waals surface area contributed by atoms with Crippen molar-refractivity contribution in [2.45, 2.75) is 13.0 Å².